The van der Waals surface area contributed by atoms with E-state index in [2.05, 4.69) is 6.58 Å². The average molecular weight is 611 g/mol. The molecule has 5 rings (SSSR count). The van der Waals surface area contributed by atoms with Crippen molar-refractivity contribution in [3.05, 3.63) is 132 Å². The molecule has 3 aromatic rings. The van der Waals surface area contributed by atoms with Gasteiger partial charge in [-0.05, 0) is 54.5 Å². The van der Waals surface area contributed by atoms with Crippen LogP contribution in [0.5, 0.6) is 0 Å². The van der Waals surface area contributed by atoms with Gasteiger partial charge in [-0.2, -0.15) is 0 Å². The van der Waals surface area contributed by atoms with E-state index in [4.69, 9.17) is 9.47 Å². The number of imide groups is 2. The standard InChI is InChI=1S/C36H35FN2O6/c1-2-9-28(33(40)38-31(23-44-35(38)42)21-25-10-5-3-6-11-25)16-17-29(20-27-14-18-30(37)19-15-27)34(41)39-32(24-45-36(39)43)22-26-12-7-4-8-13-26/h2-8,10-19,28-29,31-32H,1,9,20-24H2/t28-,29+,31?,32?/m0/s1. The molecule has 45 heavy (non-hydrogen) atoms. The van der Waals surface area contributed by atoms with Gasteiger partial charge >= 0.3 is 12.2 Å². The van der Waals surface area contributed by atoms with E-state index >= 15 is 0 Å². The zero-order chi connectivity index (χ0) is 31.8. The van der Waals surface area contributed by atoms with Gasteiger partial charge in [-0.15, -0.1) is 6.58 Å². The van der Waals surface area contributed by atoms with Crippen molar-refractivity contribution in [1.29, 1.82) is 0 Å². The van der Waals surface area contributed by atoms with Crippen LogP contribution in [-0.4, -0.2) is 59.1 Å². The summed E-state index contributed by atoms with van der Waals surface area (Å²) < 4.78 is 24.2. The van der Waals surface area contributed by atoms with Gasteiger partial charge in [0.25, 0.3) is 0 Å². The number of rotatable bonds is 12. The van der Waals surface area contributed by atoms with Crippen molar-refractivity contribution in [3.8, 4) is 0 Å². The number of benzene rings is 3. The first-order chi connectivity index (χ1) is 21.8. The van der Waals surface area contributed by atoms with Crippen LogP contribution in [0.3, 0.4) is 0 Å². The van der Waals surface area contributed by atoms with Gasteiger partial charge in [0, 0.05) is 0 Å². The minimum absolute atomic E-state index is 0.0594. The molecule has 4 atom stereocenters. The SMILES string of the molecule is C=CC[C@@H](C=C[C@H](Cc1ccc(F)cc1)C(=O)N1C(=O)OCC1Cc1ccccc1)C(=O)N1C(=O)OCC1Cc1ccccc1. The van der Waals surface area contributed by atoms with Crippen molar-refractivity contribution in [1.82, 2.24) is 9.80 Å². The van der Waals surface area contributed by atoms with Crippen LogP contribution in [-0.2, 0) is 38.3 Å². The fourth-order valence-electron chi connectivity index (χ4n) is 5.71. The maximum atomic E-state index is 14.0. The third-order valence-electron chi connectivity index (χ3n) is 8.02. The molecule has 2 saturated heterocycles. The Bertz CT molecular complexity index is 1540. The lowest BCUT2D eigenvalue weighted by Gasteiger charge is -2.25. The Morgan fingerprint density at radius 2 is 1.20 bits per heavy atom. The third-order valence-corrected chi connectivity index (χ3v) is 8.02. The van der Waals surface area contributed by atoms with Gasteiger partial charge in [0.1, 0.15) is 19.0 Å². The molecule has 4 amide bonds. The normalized spacial score (nSPS) is 19.3. The molecule has 0 saturated carbocycles. The lowest BCUT2D eigenvalue weighted by molar-refractivity contribution is -0.133. The van der Waals surface area contributed by atoms with E-state index in [0.717, 1.165) is 20.9 Å². The highest BCUT2D eigenvalue weighted by molar-refractivity contribution is 5.97. The number of carbonyl (C=O) groups excluding carboxylic acids is 4. The number of allylic oxidation sites excluding steroid dienone is 1. The number of hydrogen-bond acceptors (Lipinski definition) is 6. The summed E-state index contributed by atoms with van der Waals surface area (Å²) in [7, 11) is 0. The van der Waals surface area contributed by atoms with Crippen molar-refractivity contribution in [2.75, 3.05) is 13.2 Å². The van der Waals surface area contributed by atoms with Gasteiger partial charge in [0.05, 0.1) is 23.9 Å². The lowest BCUT2D eigenvalue weighted by atomic mass is 9.93. The number of amides is 4. The molecule has 0 radical (unpaired) electrons. The van der Waals surface area contributed by atoms with Crippen LogP contribution in [0.15, 0.2) is 110 Å². The van der Waals surface area contributed by atoms with Gasteiger partial charge in [0.15, 0.2) is 0 Å². The summed E-state index contributed by atoms with van der Waals surface area (Å²) in [5, 5.41) is 0. The summed E-state index contributed by atoms with van der Waals surface area (Å²) in [6.07, 6.45) is 4.52. The summed E-state index contributed by atoms with van der Waals surface area (Å²) in [5.41, 5.74) is 2.58. The number of carbonyl (C=O) groups is 4. The number of cyclic esters (lactones) is 2. The van der Waals surface area contributed by atoms with Gasteiger partial charge in [-0.3, -0.25) is 9.59 Å². The topological polar surface area (TPSA) is 93.2 Å². The predicted octanol–water partition coefficient (Wildman–Crippen LogP) is 5.91. The van der Waals surface area contributed by atoms with Gasteiger partial charge in [-0.25, -0.2) is 23.8 Å². The zero-order valence-corrected chi connectivity index (χ0v) is 24.8. The van der Waals surface area contributed by atoms with E-state index in [1.54, 1.807) is 30.4 Å². The molecule has 2 heterocycles. The first-order valence-electron chi connectivity index (χ1n) is 14.9. The van der Waals surface area contributed by atoms with Crippen LogP contribution >= 0.6 is 0 Å². The van der Waals surface area contributed by atoms with Gasteiger partial charge < -0.3 is 9.47 Å². The number of ether oxygens (including phenoxy) is 2. The number of halogens is 1. The van der Waals surface area contributed by atoms with E-state index in [9.17, 15) is 23.6 Å². The van der Waals surface area contributed by atoms with Gasteiger partial charge in [-0.1, -0.05) is 91.0 Å². The predicted molar refractivity (Wildman–Crippen MR) is 165 cm³/mol. The quantitative estimate of drug-likeness (QED) is 0.237. The Kier molecular flexibility index (Phi) is 10.2. The Hall–Kier alpha value is -5.05. The molecular weight excluding hydrogens is 575 g/mol. The van der Waals surface area contributed by atoms with Crippen molar-refractivity contribution < 1.29 is 33.0 Å². The average Bonchev–Trinajstić information content (AvgIpc) is 3.60. The first-order valence-corrected chi connectivity index (χ1v) is 14.9. The smallest absolute Gasteiger partial charge is 0.417 e. The Balaban J connectivity index is 1.40. The van der Waals surface area contributed by atoms with E-state index in [-0.39, 0.29) is 26.1 Å². The highest BCUT2D eigenvalue weighted by Gasteiger charge is 2.42. The van der Waals surface area contributed by atoms with Crippen LogP contribution in [0.1, 0.15) is 23.1 Å². The van der Waals surface area contributed by atoms with E-state index in [1.807, 2.05) is 60.7 Å². The second-order valence-electron chi connectivity index (χ2n) is 11.2. The van der Waals surface area contributed by atoms with E-state index in [0.29, 0.717) is 18.4 Å². The molecule has 9 heteroatoms. The first kappa shape index (κ1) is 31.4. The fourth-order valence-corrected chi connectivity index (χ4v) is 5.71. The van der Waals surface area contributed by atoms with Crippen molar-refractivity contribution >= 4 is 24.0 Å². The summed E-state index contributed by atoms with van der Waals surface area (Å²) >= 11 is 0. The fraction of sp³-hybridized carbons (Fsp3) is 0.278. The molecule has 0 aromatic heterocycles. The van der Waals surface area contributed by atoms with Crippen LogP contribution in [0.2, 0.25) is 0 Å². The maximum Gasteiger partial charge on any atom is 0.417 e. The molecule has 8 nitrogen and oxygen atoms in total. The monoisotopic (exact) mass is 610 g/mol. The highest BCUT2D eigenvalue weighted by Crippen LogP contribution is 2.26. The minimum Gasteiger partial charge on any atom is -0.447 e. The summed E-state index contributed by atoms with van der Waals surface area (Å²) in [6.45, 7) is 3.92. The second-order valence-corrected chi connectivity index (χ2v) is 11.2. The van der Waals surface area contributed by atoms with Crippen molar-refractivity contribution in [3.63, 3.8) is 0 Å². The summed E-state index contributed by atoms with van der Waals surface area (Å²) in [5.74, 6) is -3.08. The molecule has 0 spiro atoms. The summed E-state index contributed by atoms with van der Waals surface area (Å²) in [4.78, 5) is 55.7. The molecule has 2 aliphatic heterocycles. The molecule has 0 N–H and O–H groups in total. The van der Waals surface area contributed by atoms with Crippen LogP contribution in [0, 0.1) is 17.7 Å². The van der Waals surface area contributed by atoms with Crippen molar-refractivity contribution in [2.24, 2.45) is 11.8 Å². The molecule has 2 aliphatic rings. The Morgan fingerprint density at radius 3 is 1.69 bits per heavy atom. The largest absolute Gasteiger partial charge is 0.447 e. The van der Waals surface area contributed by atoms with Crippen LogP contribution in [0.4, 0.5) is 14.0 Å². The summed E-state index contributed by atoms with van der Waals surface area (Å²) in [6, 6.07) is 23.8. The number of hydrogen-bond donors (Lipinski definition) is 0. The van der Waals surface area contributed by atoms with Crippen LogP contribution in [0.25, 0.3) is 0 Å². The maximum absolute atomic E-state index is 14.0. The molecule has 2 fully saturated rings. The molecule has 0 aliphatic carbocycles. The molecular formula is C36H35FN2O6. The lowest BCUT2D eigenvalue weighted by Crippen LogP contribution is -2.44. The molecule has 232 valence electrons. The minimum atomic E-state index is -0.884. The van der Waals surface area contributed by atoms with E-state index < -0.39 is 53.7 Å². The van der Waals surface area contributed by atoms with Crippen molar-refractivity contribution in [2.45, 2.75) is 37.8 Å². The Labute approximate surface area is 261 Å². The van der Waals surface area contributed by atoms with Crippen LogP contribution < -0.4 is 0 Å². The second kappa shape index (κ2) is 14.6. The molecule has 3 aromatic carbocycles. The number of nitrogens with zero attached hydrogens (tertiary/aromatic N) is 2. The zero-order valence-electron chi connectivity index (χ0n) is 24.8. The molecule has 2 unspecified atom stereocenters. The van der Waals surface area contributed by atoms with E-state index in [1.165, 1.54) is 12.1 Å². The van der Waals surface area contributed by atoms with Gasteiger partial charge in [0.2, 0.25) is 11.8 Å². The highest BCUT2D eigenvalue weighted by atomic mass is 19.1. The third kappa shape index (κ3) is 7.73. The Morgan fingerprint density at radius 1 is 0.733 bits per heavy atom. The molecule has 0 bridgehead atoms.